The van der Waals surface area contributed by atoms with Crippen LogP contribution < -0.4 is 14.8 Å². The fourth-order valence-corrected chi connectivity index (χ4v) is 3.22. The molecule has 0 unspecified atom stereocenters. The third-order valence-corrected chi connectivity index (χ3v) is 4.95. The number of nitrogens with one attached hydrogen (secondary N) is 1. The van der Waals surface area contributed by atoms with Gasteiger partial charge in [0.25, 0.3) is 0 Å². The van der Waals surface area contributed by atoms with Crippen LogP contribution in [-0.2, 0) is 17.8 Å². The summed E-state index contributed by atoms with van der Waals surface area (Å²) < 4.78 is 16.8. The summed E-state index contributed by atoms with van der Waals surface area (Å²) in [6.45, 7) is 4.15. The summed E-state index contributed by atoms with van der Waals surface area (Å²) in [6.07, 6.45) is 0.258. The van der Waals surface area contributed by atoms with Crippen LogP contribution in [0.4, 0.5) is 5.69 Å². The number of nitrogens with zero attached hydrogens (tertiary/aromatic N) is 1. The van der Waals surface area contributed by atoms with Crippen molar-refractivity contribution in [2.45, 2.75) is 26.9 Å². The number of amides is 1. The number of benzene rings is 3. The van der Waals surface area contributed by atoms with Gasteiger partial charge in [-0.25, -0.2) is 0 Å². The molecule has 4 rings (SSSR count). The van der Waals surface area contributed by atoms with Crippen molar-refractivity contribution < 1.29 is 18.8 Å². The highest BCUT2D eigenvalue weighted by Gasteiger charge is 2.10. The van der Waals surface area contributed by atoms with E-state index in [0.29, 0.717) is 18.0 Å². The van der Waals surface area contributed by atoms with E-state index in [2.05, 4.69) is 10.5 Å². The van der Waals surface area contributed by atoms with Crippen molar-refractivity contribution in [3.05, 3.63) is 101 Å². The van der Waals surface area contributed by atoms with E-state index >= 15 is 0 Å². The van der Waals surface area contributed by atoms with Crippen molar-refractivity contribution in [2.24, 2.45) is 0 Å². The molecule has 0 spiro atoms. The van der Waals surface area contributed by atoms with Crippen molar-refractivity contribution in [2.75, 3.05) is 5.32 Å². The monoisotopic (exact) mass is 428 g/mol. The molecular formula is C26H24N2O4. The molecule has 4 aromatic rings. The van der Waals surface area contributed by atoms with Crippen LogP contribution in [0.5, 0.6) is 17.2 Å². The van der Waals surface area contributed by atoms with Gasteiger partial charge in [-0.15, -0.1) is 0 Å². The quantitative estimate of drug-likeness (QED) is 0.381. The standard InChI is InChI=1S/C26H24N2O4/c1-18-25(19(2)32-28-18)17-30-22-13-11-20(12-14-22)15-26(29)27-21-7-6-10-24(16-21)31-23-8-4-3-5-9-23/h3-14,16H,15,17H2,1-2H3,(H,27,29). The second kappa shape index (κ2) is 9.83. The number of rotatable bonds is 8. The normalized spacial score (nSPS) is 10.6. The molecule has 0 saturated carbocycles. The van der Waals surface area contributed by atoms with Crippen LogP contribution in [0, 0.1) is 13.8 Å². The molecule has 0 fully saturated rings. The Balaban J connectivity index is 1.31. The first-order chi connectivity index (χ1) is 15.6. The lowest BCUT2D eigenvalue weighted by atomic mass is 10.1. The minimum Gasteiger partial charge on any atom is -0.489 e. The maximum absolute atomic E-state index is 12.5. The highest BCUT2D eigenvalue weighted by molar-refractivity contribution is 5.92. The maximum atomic E-state index is 12.5. The van der Waals surface area contributed by atoms with Crippen LogP contribution in [0.1, 0.15) is 22.6 Å². The lowest BCUT2D eigenvalue weighted by molar-refractivity contribution is -0.115. The number of carbonyl (C=O) groups excluding carboxylic acids is 1. The molecule has 32 heavy (non-hydrogen) atoms. The number of hydrogen-bond acceptors (Lipinski definition) is 5. The van der Waals surface area contributed by atoms with Gasteiger partial charge < -0.3 is 19.3 Å². The van der Waals surface area contributed by atoms with E-state index in [1.54, 1.807) is 6.07 Å². The van der Waals surface area contributed by atoms with E-state index in [-0.39, 0.29) is 12.3 Å². The predicted octanol–water partition coefficient (Wildman–Crippen LogP) is 5.84. The van der Waals surface area contributed by atoms with Crippen molar-refractivity contribution in [1.82, 2.24) is 5.16 Å². The second-order valence-corrected chi connectivity index (χ2v) is 7.40. The van der Waals surface area contributed by atoms with Gasteiger partial charge in [-0.3, -0.25) is 4.79 Å². The summed E-state index contributed by atoms with van der Waals surface area (Å²) in [5.41, 5.74) is 3.35. The predicted molar refractivity (Wildman–Crippen MR) is 122 cm³/mol. The van der Waals surface area contributed by atoms with Crippen molar-refractivity contribution in [3.8, 4) is 17.2 Å². The van der Waals surface area contributed by atoms with Gasteiger partial charge in [-0.05, 0) is 55.8 Å². The van der Waals surface area contributed by atoms with Gasteiger partial charge >= 0.3 is 0 Å². The highest BCUT2D eigenvalue weighted by atomic mass is 16.5. The van der Waals surface area contributed by atoms with Crippen LogP contribution >= 0.6 is 0 Å². The number of para-hydroxylation sites is 1. The zero-order valence-corrected chi connectivity index (χ0v) is 18.0. The third-order valence-electron chi connectivity index (χ3n) is 4.95. The molecular weight excluding hydrogens is 404 g/mol. The van der Waals surface area contributed by atoms with E-state index in [1.165, 1.54) is 0 Å². The Morgan fingerprint density at radius 2 is 1.66 bits per heavy atom. The second-order valence-electron chi connectivity index (χ2n) is 7.40. The van der Waals surface area contributed by atoms with Gasteiger partial charge in [0.15, 0.2) is 0 Å². The van der Waals surface area contributed by atoms with Crippen LogP contribution in [0.15, 0.2) is 83.4 Å². The molecule has 0 saturated heterocycles. The number of aromatic nitrogens is 1. The number of ether oxygens (including phenoxy) is 2. The maximum Gasteiger partial charge on any atom is 0.228 e. The molecule has 0 atom stereocenters. The molecule has 6 nitrogen and oxygen atoms in total. The Labute approximate surface area is 186 Å². The lowest BCUT2D eigenvalue weighted by Gasteiger charge is -2.10. The molecule has 1 N–H and O–H groups in total. The summed E-state index contributed by atoms with van der Waals surface area (Å²) in [6, 6.07) is 24.3. The van der Waals surface area contributed by atoms with Gasteiger partial charge in [0.05, 0.1) is 17.7 Å². The van der Waals surface area contributed by atoms with Crippen LogP contribution in [0.2, 0.25) is 0 Å². The number of hydrogen-bond donors (Lipinski definition) is 1. The molecule has 6 heteroatoms. The van der Waals surface area contributed by atoms with Crippen LogP contribution in [-0.4, -0.2) is 11.1 Å². The largest absolute Gasteiger partial charge is 0.489 e. The molecule has 0 radical (unpaired) electrons. The van der Waals surface area contributed by atoms with Gasteiger partial charge in [-0.2, -0.15) is 0 Å². The summed E-state index contributed by atoms with van der Waals surface area (Å²) in [7, 11) is 0. The Hall–Kier alpha value is -4.06. The Kier molecular flexibility index (Phi) is 6.51. The average Bonchev–Trinajstić information content (AvgIpc) is 3.11. The fraction of sp³-hybridized carbons (Fsp3) is 0.154. The Morgan fingerprint density at radius 1 is 0.906 bits per heavy atom. The molecule has 162 valence electrons. The van der Waals surface area contributed by atoms with E-state index in [9.17, 15) is 4.79 Å². The van der Waals surface area contributed by atoms with Crippen molar-refractivity contribution >= 4 is 11.6 Å². The molecule has 1 heterocycles. The van der Waals surface area contributed by atoms with Crippen LogP contribution in [0.25, 0.3) is 0 Å². The SMILES string of the molecule is Cc1noc(C)c1COc1ccc(CC(=O)Nc2cccc(Oc3ccccc3)c2)cc1. The molecule has 0 bridgehead atoms. The van der Waals surface area contributed by atoms with E-state index in [1.807, 2.05) is 86.6 Å². The zero-order valence-electron chi connectivity index (χ0n) is 18.0. The smallest absolute Gasteiger partial charge is 0.228 e. The van der Waals surface area contributed by atoms with Crippen LogP contribution in [0.3, 0.4) is 0 Å². The average molecular weight is 428 g/mol. The van der Waals surface area contributed by atoms with E-state index in [4.69, 9.17) is 14.0 Å². The number of carbonyl (C=O) groups is 1. The van der Waals surface area contributed by atoms with Gasteiger partial charge in [0.2, 0.25) is 5.91 Å². The summed E-state index contributed by atoms with van der Waals surface area (Å²) in [5, 5.41) is 6.85. The Morgan fingerprint density at radius 3 is 2.38 bits per heavy atom. The Bertz CT molecular complexity index is 1160. The zero-order chi connectivity index (χ0) is 22.3. The molecule has 0 aliphatic heterocycles. The summed E-state index contributed by atoms with van der Waals surface area (Å²) >= 11 is 0. The summed E-state index contributed by atoms with van der Waals surface area (Å²) in [5.74, 6) is 2.78. The summed E-state index contributed by atoms with van der Waals surface area (Å²) in [4.78, 5) is 12.5. The van der Waals surface area contributed by atoms with E-state index < -0.39 is 0 Å². The van der Waals surface area contributed by atoms with Gasteiger partial charge in [0, 0.05) is 11.8 Å². The first-order valence-electron chi connectivity index (χ1n) is 10.3. The topological polar surface area (TPSA) is 73.6 Å². The highest BCUT2D eigenvalue weighted by Crippen LogP contribution is 2.24. The number of anilines is 1. The lowest BCUT2D eigenvalue weighted by Crippen LogP contribution is -2.14. The fourth-order valence-electron chi connectivity index (χ4n) is 3.22. The molecule has 0 aliphatic carbocycles. The third kappa shape index (κ3) is 5.55. The first kappa shape index (κ1) is 21.2. The molecule has 0 aliphatic rings. The van der Waals surface area contributed by atoms with E-state index in [0.717, 1.165) is 34.1 Å². The van der Waals surface area contributed by atoms with Gasteiger partial charge in [-0.1, -0.05) is 41.6 Å². The van der Waals surface area contributed by atoms with Gasteiger partial charge in [0.1, 0.15) is 29.6 Å². The van der Waals surface area contributed by atoms with Crippen molar-refractivity contribution in [3.63, 3.8) is 0 Å². The first-order valence-corrected chi connectivity index (χ1v) is 10.3. The minimum atomic E-state index is -0.105. The molecule has 3 aromatic carbocycles. The molecule has 1 aromatic heterocycles. The molecule has 1 amide bonds. The minimum absolute atomic E-state index is 0.105. The van der Waals surface area contributed by atoms with Crippen molar-refractivity contribution in [1.29, 1.82) is 0 Å². The number of aryl methyl sites for hydroxylation is 2.